The average molecular weight is 706 g/mol. The average Bonchev–Trinajstić information content (AvgIpc) is 3.28. The molecule has 0 spiro atoms. The number of benzene rings is 1. The summed E-state index contributed by atoms with van der Waals surface area (Å²) in [4.78, 5) is 2.11. The zero-order valence-corrected chi connectivity index (χ0v) is 27.6. The van der Waals surface area contributed by atoms with Crippen LogP contribution in [-0.4, -0.2) is 71.5 Å². The standard InChI is InChI=1S/C35H49F10NO2/c1-31-21-27(36)30-25-13-12-24(47)20-23(25)19-22(29(30)26(31)14-15-28(31)48)11-7-6-10-18-46(2)17-9-5-3-4-8-16-32(37,38)33(39,40)34(41,42)35(43,44)45/h12-13,20,22,26-30,47-48H,3-11,14-19,21H2,1-2H3/t22-,26+,27+,28+,29+,30+,31+/m1/s1. The van der Waals surface area contributed by atoms with Crippen molar-refractivity contribution < 1.29 is 54.1 Å². The highest BCUT2D eigenvalue weighted by atomic mass is 19.4. The molecule has 0 saturated heterocycles. The number of aliphatic hydroxyl groups is 1. The summed E-state index contributed by atoms with van der Waals surface area (Å²) in [7, 11) is 1.94. The number of unbranched alkanes of at least 4 members (excludes halogenated alkanes) is 6. The van der Waals surface area contributed by atoms with E-state index in [1.807, 2.05) is 20.0 Å². The molecule has 3 aliphatic carbocycles. The van der Waals surface area contributed by atoms with Gasteiger partial charge in [-0.15, -0.1) is 0 Å². The van der Waals surface area contributed by atoms with E-state index in [2.05, 4.69) is 4.90 Å². The minimum absolute atomic E-state index is 0.00219. The summed E-state index contributed by atoms with van der Waals surface area (Å²) in [5, 5.41) is 21.0. The highest BCUT2D eigenvalue weighted by Crippen LogP contribution is 2.63. The molecular formula is C35H49F10NO2. The fourth-order valence-electron chi connectivity index (χ4n) is 8.93. The molecule has 7 atom stereocenters. The first-order valence-corrected chi connectivity index (χ1v) is 17.3. The molecule has 1 aromatic carbocycles. The molecule has 0 bridgehead atoms. The van der Waals surface area contributed by atoms with Crippen molar-refractivity contribution in [1.82, 2.24) is 4.90 Å². The van der Waals surface area contributed by atoms with Gasteiger partial charge in [0.05, 0.1) is 6.10 Å². The second-order valence-corrected chi connectivity index (χ2v) is 14.9. The summed E-state index contributed by atoms with van der Waals surface area (Å²) in [6.07, 6.45) is -2.62. The van der Waals surface area contributed by atoms with Crippen molar-refractivity contribution in [2.75, 3.05) is 20.1 Å². The summed E-state index contributed by atoms with van der Waals surface area (Å²) < 4.78 is 133. The van der Waals surface area contributed by atoms with Gasteiger partial charge in [-0.25, -0.2) is 4.39 Å². The number of rotatable bonds is 16. The fourth-order valence-corrected chi connectivity index (χ4v) is 8.93. The third kappa shape index (κ3) is 7.76. The molecule has 0 radical (unpaired) electrons. The maximum Gasteiger partial charge on any atom is 0.460 e. The monoisotopic (exact) mass is 705 g/mol. The number of nitrogens with zero attached hydrogens (tertiary/aromatic N) is 1. The van der Waals surface area contributed by atoms with Crippen molar-refractivity contribution in [3.63, 3.8) is 0 Å². The molecule has 48 heavy (non-hydrogen) atoms. The van der Waals surface area contributed by atoms with E-state index in [9.17, 15) is 49.7 Å². The van der Waals surface area contributed by atoms with Crippen LogP contribution in [0.2, 0.25) is 0 Å². The number of alkyl halides is 10. The van der Waals surface area contributed by atoms with Crippen LogP contribution in [0.3, 0.4) is 0 Å². The fraction of sp³-hybridized carbons (Fsp3) is 0.829. The molecule has 1 aromatic rings. The Morgan fingerprint density at radius 2 is 1.44 bits per heavy atom. The van der Waals surface area contributed by atoms with Gasteiger partial charge in [0.1, 0.15) is 11.9 Å². The summed E-state index contributed by atoms with van der Waals surface area (Å²) in [5.74, 6) is -18.3. The highest BCUT2D eigenvalue weighted by molar-refractivity contribution is 5.41. The van der Waals surface area contributed by atoms with E-state index in [1.54, 1.807) is 12.1 Å². The van der Waals surface area contributed by atoms with E-state index in [0.717, 1.165) is 56.2 Å². The first kappa shape index (κ1) is 39.0. The van der Waals surface area contributed by atoms with Crippen LogP contribution in [0.5, 0.6) is 5.75 Å². The van der Waals surface area contributed by atoms with Gasteiger partial charge in [0.15, 0.2) is 0 Å². The molecule has 0 aromatic heterocycles. The van der Waals surface area contributed by atoms with Gasteiger partial charge in [0, 0.05) is 12.3 Å². The van der Waals surface area contributed by atoms with Crippen molar-refractivity contribution in [3.8, 4) is 5.75 Å². The highest BCUT2D eigenvalue weighted by Gasteiger charge is 2.81. The van der Waals surface area contributed by atoms with E-state index >= 15 is 4.39 Å². The van der Waals surface area contributed by atoms with Crippen molar-refractivity contribution in [1.29, 1.82) is 0 Å². The maximum absolute atomic E-state index is 15.9. The minimum Gasteiger partial charge on any atom is -0.508 e. The molecular weight excluding hydrogens is 656 g/mol. The van der Waals surface area contributed by atoms with Gasteiger partial charge < -0.3 is 15.1 Å². The number of phenols is 1. The number of hydrogen-bond acceptors (Lipinski definition) is 3. The van der Waals surface area contributed by atoms with Crippen LogP contribution >= 0.6 is 0 Å². The van der Waals surface area contributed by atoms with Gasteiger partial charge in [-0.05, 0) is 118 Å². The Kier molecular flexibility index (Phi) is 12.1. The second-order valence-electron chi connectivity index (χ2n) is 14.9. The summed E-state index contributed by atoms with van der Waals surface area (Å²) in [6.45, 7) is 3.55. The van der Waals surface area contributed by atoms with Gasteiger partial charge in [0.25, 0.3) is 0 Å². The van der Waals surface area contributed by atoms with Crippen LogP contribution in [0.4, 0.5) is 43.9 Å². The lowest BCUT2D eigenvalue weighted by Crippen LogP contribution is -2.60. The van der Waals surface area contributed by atoms with Crippen LogP contribution in [0.15, 0.2) is 18.2 Å². The van der Waals surface area contributed by atoms with Gasteiger partial charge >= 0.3 is 23.9 Å². The van der Waals surface area contributed by atoms with Gasteiger partial charge in [0.2, 0.25) is 0 Å². The number of aliphatic hydroxyl groups excluding tert-OH is 1. The van der Waals surface area contributed by atoms with E-state index in [4.69, 9.17) is 0 Å². The van der Waals surface area contributed by atoms with Crippen molar-refractivity contribution in [2.45, 2.75) is 139 Å². The first-order valence-electron chi connectivity index (χ1n) is 17.3. The third-order valence-electron chi connectivity index (χ3n) is 11.6. The lowest BCUT2D eigenvalue weighted by atomic mass is 9.51. The largest absolute Gasteiger partial charge is 0.508 e. The molecule has 3 nitrogen and oxygen atoms in total. The van der Waals surface area contributed by atoms with E-state index in [-0.39, 0.29) is 35.8 Å². The van der Waals surface area contributed by atoms with Crippen LogP contribution in [0.1, 0.15) is 107 Å². The summed E-state index contributed by atoms with van der Waals surface area (Å²) >= 11 is 0. The molecule has 0 unspecified atom stereocenters. The van der Waals surface area contributed by atoms with Crippen LogP contribution in [0, 0.1) is 23.2 Å². The number of hydrogen-bond donors (Lipinski definition) is 2. The smallest absolute Gasteiger partial charge is 0.460 e. The summed E-state index contributed by atoms with van der Waals surface area (Å²) in [5.41, 5.74) is 1.58. The molecule has 4 rings (SSSR count). The maximum atomic E-state index is 15.9. The Labute approximate surface area is 276 Å². The van der Waals surface area contributed by atoms with Crippen LogP contribution < -0.4 is 0 Å². The number of aromatic hydroxyl groups is 1. The quantitative estimate of drug-likeness (QED) is 0.133. The molecule has 13 heteroatoms. The van der Waals surface area contributed by atoms with Crippen LogP contribution in [0.25, 0.3) is 0 Å². The predicted molar refractivity (Wildman–Crippen MR) is 162 cm³/mol. The topological polar surface area (TPSA) is 43.7 Å². The zero-order valence-electron chi connectivity index (χ0n) is 27.6. The molecule has 276 valence electrons. The van der Waals surface area contributed by atoms with Crippen molar-refractivity contribution in [2.24, 2.45) is 23.2 Å². The Hall–Kier alpha value is -1.76. The number of fused-ring (bicyclic) bond motifs is 5. The molecule has 0 heterocycles. The Balaban J connectivity index is 1.16. The van der Waals surface area contributed by atoms with E-state index in [0.29, 0.717) is 38.6 Å². The summed E-state index contributed by atoms with van der Waals surface area (Å²) in [6, 6.07) is 5.28. The van der Waals surface area contributed by atoms with E-state index in [1.165, 1.54) is 0 Å². The zero-order chi connectivity index (χ0) is 35.7. The predicted octanol–water partition coefficient (Wildman–Crippen LogP) is 10.1. The first-order chi connectivity index (χ1) is 22.2. The molecule has 2 N–H and O–H groups in total. The number of halogens is 10. The molecule has 2 saturated carbocycles. The van der Waals surface area contributed by atoms with Gasteiger partial charge in [-0.1, -0.05) is 45.1 Å². The third-order valence-corrected chi connectivity index (χ3v) is 11.6. The van der Waals surface area contributed by atoms with E-state index < -0.39 is 54.5 Å². The molecule has 0 aliphatic heterocycles. The Morgan fingerprint density at radius 3 is 2.08 bits per heavy atom. The van der Waals surface area contributed by atoms with Gasteiger partial charge in [-0.2, -0.15) is 39.5 Å². The van der Waals surface area contributed by atoms with Crippen molar-refractivity contribution in [3.05, 3.63) is 29.3 Å². The molecule has 3 aliphatic rings. The van der Waals surface area contributed by atoms with Crippen molar-refractivity contribution >= 4 is 0 Å². The SMILES string of the molecule is CN(CCCCCCCC(F)(F)C(F)(F)C(F)(F)C(F)(F)F)CCCCC[C@@H]1Cc2cc(O)ccc2[C@@H]2[C@@H]1[C@@H]1CC[C@H](O)[C@@]1(C)C[C@@H]2F. The molecule has 2 fully saturated rings. The number of phenolic OH excluding ortho intramolecular Hbond substituents is 1. The lowest BCUT2D eigenvalue weighted by molar-refractivity contribution is -0.396. The normalized spacial score (nSPS) is 29.5. The lowest BCUT2D eigenvalue weighted by Gasteiger charge is -2.54. The Bertz CT molecular complexity index is 1210. The van der Waals surface area contributed by atoms with Crippen LogP contribution in [-0.2, 0) is 6.42 Å². The second kappa shape index (κ2) is 14.8. The van der Waals surface area contributed by atoms with Gasteiger partial charge in [-0.3, -0.25) is 0 Å². The minimum atomic E-state index is -6.83. The molecule has 0 amide bonds. The Morgan fingerprint density at radius 1 is 0.833 bits per heavy atom.